The highest BCUT2D eigenvalue weighted by atomic mass is 32.2. The summed E-state index contributed by atoms with van der Waals surface area (Å²) in [5, 5.41) is -0.200. The van der Waals surface area contributed by atoms with Gasteiger partial charge in [0, 0.05) is 11.6 Å². The number of ether oxygens (including phenoxy) is 1. The quantitative estimate of drug-likeness (QED) is 0.774. The van der Waals surface area contributed by atoms with Crippen LogP contribution in [0.1, 0.15) is 32.8 Å². The van der Waals surface area contributed by atoms with E-state index < -0.39 is 0 Å². The molecule has 0 spiro atoms. The van der Waals surface area contributed by atoms with E-state index in [9.17, 15) is 9.59 Å². The van der Waals surface area contributed by atoms with E-state index in [1.807, 2.05) is 45.0 Å². The van der Waals surface area contributed by atoms with Crippen LogP contribution in [0, 0.1) is 0 Å². The van der Waals surface area contributed by atoms with Crippen molar-refractivity contribution in [2.24, 2.45) is 0 Å². The molecule has 112 valence electrons. The van der Waals surface area contributed by atoms with Gasteiger partial charge < -0.3 is 4.74 Å². The number of thioether (sulfide) groups is 1. The molecular formula is C16H19NO3S. The third-order valence-corrected chi connectivity index (χ3v) is 4.24. The number of amides is 2. The molecule has 4 nitrogen and oxygen atoms in total. The fraction of sp³-hybridized carbons (Fsp3) is 0.375. The molecule has 1 fully saturated rings. The standard InChI is InChI=1S/C16H19NO3S/c1-4-11(3)17-15(18)14(21-16(17)19)10-12-8-6-7-9-13(12)20-5-2/h6-11H,4-5H2,1-3H3/b14-10+. The van der Waals surface area contributed by atoms with Crippen LogP contribution in [0.5, 0.6) is 5.75 Å². The van der Waals surface area contributed by atoms with Gasteiger partial charge >= 0.3 is 0 Å². The molecule has 1 atom stereocenters. The molecule has 2 amide bonds. The van der Waals surface area contributed by atoms with E-state index in [1.54, 1.807) is 6.08 Å². The maximum absolute atomic E-state index is 12.4. The average molecular weight is 305 g/mol. The molecule has 2 rings (SSSR count). The molecule has 1 aliphatic heterocycles. The average Bonchev–Trinajstić information content (AvgIpc) is 2.75. The van der Waals surface area contributed by atoms with Crippen molar-refractivity contribution in [1.29, 1.82) is 0 Å². The molecule has 1 heterocycles. The van der Waals surface area contributed by atoms with Crippen molar-refractivity contribution in [3.05, 3.63) is 34.7 Å². The highest BCUT2D eigenvalue weighted by Gasteiger charge is 2.37. The number of benzene rings is 1. The van der Waals surface area contributed by atoms with Gasteiger partial charge in [-0.25, -0.2) is 0 Å². The first-order valence-corrected chi connectivity index (χ1v) is 7.89. The lowest BCUT2D eigenvalue weighted by Crippen LogP contribution is -2.36. The Morgan fingerprint density at radius 3 is 2.67 bits per heavy atom. The van der Waals surface area contributed by atoms with Crippen LogP contribution in [-0.4, -0.2) is 28.7 Å². The van der Waals surface area contributed by atoms with Gasteiger partial charge in [-0.2, -0.15) is 0 Å². The summed E-state index contributed by atoms with van der Waals surface area (Å²) in [6, 6.07) is 7.42. The Hall–Kier alpha value is -1.75. The van der Waals surface area contributed by atoms with E-state index in [0.717, 1.165) is 29.5 Å². The summed E-state index contributed by atoms with van der Waals surface area (Å²) in [4.78, 5) is 26.1. The number of hydrogen-bond acceptors (Lipinski definition) is 4. The molecule has 1 aromatic carbocycles. The van der Waals surface area contributed by atoms with Crippen LogP contribution >= 0.6 is 11.8 Å². The number of para-hydroxylation sites is 1. The van der Waals surface area contributed by atoms with Crippen LogP contribution in [0.2, 0.25) is 0 Å². The molecule has 1 saturated heterocycles. The molecular weight excluding hydrogens is 286 g/mol. The van der Waals surface area contributed by atoms with E-state index in [0.29, 0.717) is 11.5 Å². The Labute approximate surface area is 129 Å². The molecule has 0 N–H and O–H groups in total. The van der Waals surface area contributed by atoms with Crippen molar-refractivity contribution in [1.82, 2.24) is 4.90 Å². The smallest absolute Gasteiger partial charge is 0.293 e. The minimum absolute atomic E-state index is 0.0782. The van der Waals surface area contributed by atoms with E-state index in [1.165, 1.54) is 4.90 Å². The third kappa shape index (κ3) is 3.29. The van der Waals surface area contributed by atoms with E-state index in [4.69, 9.17) is 4.74 Å². The summed E-state index contributed by atoms with van der Waals surface area (Å²) >= 11 is 0.990. The zero-order valence-electron chi connectivity index (χ0n) is 12.5. The normalized spacial score (nSPS) is 18.4. The monoisotopic (exact) mass is 305 g/mol. The Kier molecular flexibility index (Phi) is 5.07. The molecule has 1 unspecified atom stereocenters. The topological polar surface area (TPSA) is 46.6 Å². The van der Waals surface area contributed by atoms with Crippen LogP contribution in [-0.2, 0) is 4.79 Å². The van der Waals surface area contributed by atoms with Crippen LogP contribution in [0.3, 0.4) is 0 Å². The molecule has 1 aromatic rings. The Morgan fingerprint density at radius 2 is 2.00 bits per heavy atom. The number of nitrogens with zero attached hydrogens (tertiary/aromatic N) is 1. The molecule has 0 aromatic heterocycles. The fourth-order valence-corrected chi connectivity index (χ4v) is 2.99. The van der Waals surface area contributed by atoms with Gasteiger partial charge in [0.15, 0.2) is 0 Å². The lowest BCUT2D eigenvalue weighted by atomic mass is 10.1. The number of hydrogen-bond donors (Lipinski definition) is 0. The number of carbonyl (C=O) groups excluding carboxylic acids is 2. The van der Waals surface area contributed by atoms with Gasteiger partial charge in [0.05, 0.1) is 11.5 Å². The van der Waals surface area contributed by atoms with Gasteiger partial charge in [-0.3, -0.25) is 14.5 Å². The zero-order valence-corrected chi connectivity index (χ0v) is 13.3. The van der Waals surface area contributed by atoms with Crippen LogP contribution in [0.15, 0.2) is 29.2 Å². The first kappa shape index (κ1) is 15.6. The third-order valence-electron chi connectivity index (χ3n) is 3.36. The zero-order chi connectivity index (χ0) is 15.4. The summed E-state index contributed by atoms with van der Waals surface area (Å²) in [6.45, 7) is 6.31. The number of rotatable bonds is 5. The molecule has 1 aliphatic rings. The second-order valence-corrected chi connectivity index (χ2v) is 5.77. The van der Waals surface area contributed by atoms with Crippen molar-refractivity contribution >= 4 is 29.0 Å². The second kappa shape index (κ2) is 6.80. The Bertz CT molecular complexity index is 583. The van der Waals surface area contributed by atoms with Gasteiger partial charge in [-0.05, 0) is 44.2 Å². The fourth-order valence-electron chi connectivity index (χ4n) is 2.07. The summed E-state index contributed by atoms with van der Waals surface area (Å²) in [6.07, 6.45) is 2.49. The SMILES string of the molecule is CCOc1ccccc1/C=C1/SC(=O)N(C(C)CC)C1=O. The maximum atomic E-state index is 12.4. The van der Waals surface area contributed by atoms with Crippen molar-refractivity contribution in [2.75, 3.05) is 6.61 Å². The van der Waals surface area contributed by atoms with Gasteiger partial charge in [-0.1, -0.05) is 25.1 Å². The van der Waals surface area contributed by atoms with Crippen LogP contribution in [0.25, 0.3) is 6.08 Å². The lowest BCUT2D eigenvalue weighted by molar-refractivity contribution is -0.124. The lowest BCUT2D eigenvalue weighted by Gasteiger charge is -2.19. The van der Waals surface area contributed by atoms with Gasteiger partial charge in [0.2, 0.25) is 0 Å². The van der Waals surface area contributed by atoms with Gasteiger partial charge in [-0.15, -0.1) is 0 Å². The predicted molar refractivity (Wildman–Crippen MR) is 85.2 cm³/mol. The summed E-state index contributed by atoms with van der Waals surface area (Å²) in [5.74, 6) is 0.501. The highest BCUT2D eigenvalue weighted by molar-refractivity contribution is 8.18. The summed E-state index contributed by atoms with van der Waals surface area (Å²) < 4.78 is 5.54. The van der Waals surface area contributed by atoms with Crippen molar-refractivity contribution < 1.29 is 14.3 Å². The molecule has 5 heteroatoms. The first-order chi connectivity index (χ1) is 10.1. The Morgan fingerprint density at radius 1 is 1.29 bits per heavy atom. The summed E-state index contributed by atoms with van der Waals surface area (Å²) in [5.41, 5.74) is 0.814. The second-order valence-electron chi connectivity index (χ2n) is 4.78. The van der Waals surface area contributed by atoms with Crippen LogP contribution < -0.4 is 4.74 Å². The van der Waals surface area contributed by atoms with Gasteiger partial charge in [0.1, 0.15) is 5.75 Å². The molecule has 0 aliphatic carbocycles. The summed E-state index contributed by atoms with van der Waals surface area (Å²) in [7, 11) is 0. The van der Waals surface area contributed by atoms with Gasteiger partial charge in [0.25, 0.3) is 11.1 Å². The minimum Gasteiger partial charge on any atom is -0.493 e. The van der Waals surface area contributed by atoms with Crippen molar-refractivity contribution in [3.63, 3.8) is 0 Å². The Balaban J connectivity index is 2.31. The molecule has 0 saturated carbocycles. The largest absolute Gasteiger partial charge is 0.493 e. The van der Waals surface area contributed by atoms with E-state index in [-0.39, 0.29) is 17.2 Å². The van der Waals surface area contributed by atoms with Crippen molar-refractivity contribution in [2.45, 2.75) is 33.2 Å². The minimum atomic E-state index is -0.217. The highest BCUT2D eigenvalue weighted by Crippen LogP contribution is 2.35. The van der Waals surface area contributed by atoms with Crippen molar-refractivity contribution in [3.8, 4) is 5.75 Å². The molecule has 21 heavy (non-hydrogen) atoms. The van der Waals surface area contributed by atoms with E-state index >= 15 is 0 Å². The maximum Gasteiger partial charge on any atom is 0.293 e. The number of carbonyl (C=O) groups is 2. The number of imide groups is 1. The first-order valence-electron chi connectivity index (χ1n) is 7.07. The molecule has 0 radical (unpaired) electrons. The predicted octanol–water partition coefficient (Wildman–Crippen LogP) is 3.92. The van der Waals surface area contributed by atoms with E-state index in [2.05, 4.69) is 0 Å². The molecule has 0 bridgehead atoms. The van der Waals surface area contributed by atoms with Crippen LogP contribution in [0.4, 0.5) is 4.79 Å².